The third kappa shape index (κ3) is 5.52. The zero-order valence-electron chi connectivity index (χ0n) is 15.7. The first-order chi connectivity index (χ1) is 14.0. The predicted octanol–water partition coefficient (Wildman–Crippen LogP) is 3.11. The van der Waals surface area contributed by atoms with Crippen molar-refractivity contribution >= 4 is 40.1 Å². The minimum atomic E-state index is -0.486. The Morgan fingerprint density at radius 1 is 1.24 bits per heavy atom. The molecule has 0 unspecified atom stereocenters. The molecule has 29 heavy (non-hydrogen) atoms. The molecule has 10 heteroatoms. The van der Waals surface area contributed by atoms with Gasteiger partial charge < -0.3 is 15.0 Å². The summed E-state index contributed by atoms with van der Waals surface area (Å²) in [6, 6.07) is 10.6. The van der Waals surface area contributed by atoms with Gasteiger partial charge in [-0.15, -0.1) is 0 Å². The molecule has 1 aromatic carbocycles. The summed E-state index contributed by atoms with van der Waals surface area (Å²) < 4.78 is 5.11. The average Bonchev–Trinajstić information content (AvgIpc) is 3.10. The lowest BCUT2D eigenvalue weighted by atomic mass is 10.1. The van der Waals surface area contributed by atoms with Crippen molar-refractivity contribution in [2.24, 2.45) is 0 Å². The summed E-state index contributed by atoms with van der Waals surface area (Å²) in [4.78, 5) is 47.6. The molecule has 3 aromatic rings. The van der Waals surface area contributed by atoms with Crippen LogP contribution in [0.3, 0.4) is 0 Å². The van der Waals surface area contributed by atoms with Crippen molar-refractivity contribution in [3.05, 3.63) is 57.3 Å². The quantitative estimate of drug-likeness (QED) is 0.336. The van der Waals surface area contributed by atoms with Gasteiger partial charge in [-0.05, 0) is 13.8 Å². The molecule has 0 radical (unpaired) electrons. The van der Waals surface area contributed by atoms with Gasteiger partial charge in [-0.2, -0.15) is 0 Å². The minimum absolute atomic E-state index is 0.0292. The molecule has 2 aromatic heterocycles. The fourth-order valence-corrected chi connectivity index (χ4v) is 4.03. The monoisotopic (exact) mass is 430 g/mol. The number of nitrogens with zero attached hydrogens (tertiary/aromatic N) is 2. The maximum absolute atomic E-state index is 12.3. The molecule has 2 N–H and O–H groups in total. The molecule has 0 spiro atoms. The zero-order valence-corrected chi connectivity index (χ0v) is 17.4. The van der Waals surface area contributed by atoms with Crippen molar-refractivity contribution in [3.8, 4) is 11.3 Å². The number of aromatic amines is 1. The summed E-state index contributed by atoms with van der Waals surface area (Å²) in [5.74, 6) is -0.787. The van der Waals surface area contributed by atoms with Crippen LogP contribution in [-0.2, 0) is 9.53 Å². The molecule has 0 saturated heterocycles. The molecule has 0 bridgehead atoms. The lowest BCUT2D eigenvalue weighted by molar-refractivity contribution is -0.113. The molecule has 0 aliphatic carbocycles. The third-order valence-electron chi connectivity index (χ3n) is 3.57. The van der Waals surface area contributed by atoms with E-state index in [4.69, 9.17) is 4.74 Å². The molecule has 0 atom stereocenters. The van der Waals surface area contributed by atoms with Crippen LogP contribution >= 0.6 is 23.1 Å². The van der Waals surface area contributed by atoms with E-state index in [0.717, 1.165) is 28.7 Å². The third-order valence-corrected chi connectivity index (χ3v) is 5.39. The topological polar surface area (TPSA) is 114 Å². The van der Waals surface area contributed by atoms with Gasteiger partial charge in [0, 0.05) is 17.3 Å². The van der Waals surface area contributed by atoms with Crippen molar-refractivity contribution < 1.29 is 14.3 Å². The van der Waals surface area contributed by atoms with Crippen LogP contribution in [0.2, 0.25) is 0 Å². The number of hydrogen-bond acceptors (Lipinski definition) is 8. The van der Waals surface area contributed by atoms with Crippen molar-refractivity contribution in [1.82, 2.24) is 15.0 Å². The fourth-order valence-electron chi connectivity index (χ4n) is 2.41. The van der Waals surface area contributed by atoms with Gasteiger partial charge in [0.25, 0.3) is 5.56 Å². The second-order valence-corrected chi connectivity index (χ2v) is 7.78. The Labute approximate surface area is 174 Å². The number of rotatable bonds is 7. The highest BCUT2D eigenvalue weighted by Crippen LogP contribution is 2.32. The Morgan fingerprint density at radius 2 is 2.00 bits per heavy atom. The molecule has 1 amide bonds. The number of anilines is 1. The lowest BCUT2D eigenvalue weighted by Gasteiger charge is -2.02. The molecule has 150 valence electrons. The maximum Gasteiger partial charge on any atom is 0.350 e. The molecule has 8 nitrogen and oxygen atoms in total. The van der Waals surface area contributed by atoms with E-state index in [0.29, 0.717) is 26.6 Å². The van der Waals surface area contributed by atoms with Gasteiger partial charge in [-0.25, -0.2) is 14.8 Å². The van der Waals surface area contributed by atoms with Crippen LogP contribution in [0.15, 0.2) is 46.3 Å². The molecule has 2 heterocycles. The van der Waals surface area contributed by atoms with E-state index < -0.39 is 5.97 Å². The highest BCUT2D eigenvalue weighted by Gasteiger charge is 2.21. The number of hydrogen-bond donors (Lipinski definition) is 2. The number of thiazole rings is 1. The molecular formula is C19H18N4O4S2. The average molecular weight is 431 g/mol. The second-order valence-electron chi connectivity index (χ2n) is 5.81. The number of aromatic nitrogens is 3. The Kier molecular flexibility index (Phi) is 6.78. The van der Waals surface area contributed by atoms with E-state index in [1.54, 1.807) is 13.8 Å². The number of nitrogens with one attached hydrogen (secondary N) is 2. The zero-order chi connectivity index (χ0) is 20.8. The minimum Gasteiger partial charge on any atom is -0.462 e. The fraction of sp³-hybridized carbons (Fsp3) is 0.211. The Bertz CT molecular complexity index is 1080. The smallest absolute Gasteiger partial charge is 0.350 e. The van der Waals surface area contributed by atoms with Gasteiger partial charge in [-0.3, -0.25) is 9.59 Å². The van der Waals surface area contributed by atoms with Crippen molar-refractivity contribution in [2.75, 3.05) is 17.7 Å². The maximum atomic E-state index is 12.3. The van der Waals surface area contributed by atoms with Gasteiger partial charge in [0.05, 0.1) is 18.1 Å². The van der Waals surface area contributed by atoms with Crippen molar-refractivity contribution in [2.45, 2.75) is 19.0 Å². The Balaban J connectivity index is 1.75. The van der Waals surface area contributed by atoms with Crippen molar-refractivity contribution in [3.63, 3.8) is 0 Å². The summed E-state index contributed by atoms with van der Waals surface area (Å²) in [7, 11) is 0. The van der Waals surface area contributed by atoms with Crippen LogP contribution in [0.5, 0.6) is 0 Å². The van der Waals surface area contributed by atoms with E-state index in [9.17, 15) is 14.4 Å². The number of H-pyrrole nitrogens is 1. The largest absolute Gasteiger partial charge is 0.462 e. The number of ether oxygens (including phenoxy) is 1. The van der Waals surface area contributed by atoms with E-state index in [1.165, 1.54) is 6.07 Å². The van der Waals surface area contributed by atoms with E-state index in [1.807, 2.05) is 30.3 Å². The number of amides is 1. The van der Waals surface area contributed by atoms with Gasteiger partial charge in [0.1, 0.15) is 4.88 Å². The normalized spacial score (nSPS) is 10.6. The number of carbonyl (C=O) groups excluding carboxylic acids is 2. The SMILES string of the molecule is CCOC(=O)c1sc(NC(=O)CSc2nc(C)cc(=O)[nH]2)nc1-c1ccccc1. The summed E-state index contributed by atoms with van der Waals surface area (Å²) in [6.45, 7) is 3.67. The van der Waals surface area contributed by atoms with Crippen LogP contribution in [0.25, 0.3) is 11.3 Å². The van der Waals surface area contributed by atoms with E-state index in [2.05, 4.69) is 20.3 Å². The summed E-state index contributed by atoms with van der Waals surface area (Å²) in [6.07, 6.45) is 0. The number of benzene rings is 1. The molecule has 0 aliphatic heterocycles. The number of carbonyl (C=O) groups is 2. The van der Waals surface area contributed by atoms with Crippen LogP contribution < -0.4 is 10.9 Å². The Morgan fingerprint density at radius 3 is 2.69 bits per heavy atom. The highest BCUT2D eigenvalue weighted by molar-refractivity contribution is 7.99. The van der Waals surface area contributed by atoms with E-state index >= 15 is 0 Å². The van der Waals surface area contributed by atoms with Gasteiger partial charge >= 0.3 is 5.97 Å². The molecule has 3 rings (SSSR count). The van der Waals surface area contributed by atoms with Crippen LogP contribution in [0.4, 0.5) is 5.13 Å². The number of aryl methyl sites for hydroxylation is 1. The molecular weight excluding hydrogens is 412 g/mol. The first-order valence-electron chi connectivity index (χ1n) is 8.70. The first-order valence-corrected chi connectivity index (χ1v) is 10.5. The highest BCUT2D eigenvalue weighted by atomic mass is 32.2. The van der Waals surface area contributed by atoms with Crippen molar-refractivity contribution in [1.29, 1.82) is 0 Å². The van der Waals surface area contributed by atoms with Crippen LogP contribution in [-0.4, -0.2) is 39.2 Å². The molecule has 0 aliphatic rings. The molecule has 0 fully saturated rings. The van der Waals surface area contributed by atoms with Gasteiger partial charge in [0.15, 0.2) is 10.3 Å². The second kappa shape index (κ2) is 9.48. The summed E-state index contributed by atoms with van der Waals surface area (Å²) in [5.41, 5.74) is 1.51. The van der Waals surface area contributed by atoms with Gasteiger partial charge in [-0.1, -0.05) is 53.4 Å². The Hall–Kier alpha value is -2.98. The molecule has 0 saturated carbocycles. The predicted molar refractivity (Wildman–Crippen MR) is 112 cm³/mol. The summed E-state index contributed by atoms with van der Waals surface area (Å²) >= 11 is 2.16. The van der Waals surface area contributed by atoms with E-state index in [-0.39, 0.29) is 23.8 Å². The number of thioether (sulfide) groups is 1. The summed E-state index contributed by atoms with van der Waals surface area (Å²) in [5, 5.41) is 3.35. The number of esters is 1. The first kappa shape index (κ1) is 20.7. The lowest BCUT2D eigenvalue weighted by Crippen LogP contribution is -2.15. The van der Waals surface area contributed by atoms with Crippen LogP contribution in [0.1, 0.15) is 22.3 Å². The van der Waals surface area contributed by atoms with Crippen LogP contribution in [0, 0.1) is 6.92 Å². The standard InChI is InChI=1S/C19H18N4O4S2/c1-3-27-17(26)16-15(12-7-5-4-6-8-12)23-19(29-16)22-14(25)10-28-18-20-11(2)9-13(24)21-18/h4-9H,3,10H2,1-2H3,(H,20,21,24)(H,22,23,25). The van der Waals surface area contributed by atoms with Gasteiger partial charge in [0.2, 0.25) is 5.91 Å².